The van der Waals surface area contributed by atoms with Crippen molar-refractivity contribution < 1.29 is 9.59 Å². The van der Waals surface area contributed by atoms with Gasteiger partial charge in [-0.25, -0.2) is 0 Å². The van der Waals surface area contributed by atoms with E-state index in [-0.39, 0.29) is 10.4 Å². The fourth-order valence-corrected chi connectivity index (χ4v) is 1.20. The highest BCUT2D eigenvalue weighted by Gasteiger charge is 2.14. The number of hydrogen-bond acceptors (Lipinski definition) is 4. The Morgan fingerprint density at radius 2 is 2.00 bits per heavy atom. The molecule has 0 radical (unpaired) electrons. The summed E-state index contributed by atoms with van der Waals surface area (Å²) in [5.74, 6) is -1.37. The number of amides is 2. The maximum Gasteiger partial charge on any atom is 0.261 e. The number of hydrogen-bond donors (Lipinski definition) is 2. The summed E-state index contributed by atoms with van der Waals surface area (Å²) in [6.45, 7) is 0. The van der Waals surface area contributed by atoms with Gasteiger partial charge in [0.25, 0.3) is 11.8 Å². The van der Waals surface area contributed by atoms with Gasteiger partial charge >= 0.3 is 0 Å². The van der Waals surface area contributed by atoms with E-state index in [1.165, 1.54) is 6.20 Å². The number of carbonyl (C=O) groups is 2. The van der Waals surface area contributed by atoms with Crippen LogP contribution in [0.2, 0.25) is 0 Å². The highest BCUT2D eigenvalue weighted by atomic mass is 32.1. The number of rotatable bonds is 2. The van der Waals surface area contributed by atoms with E-state index >= 15 is 0 Å². The minimum absolute atomic E-state index is 0.0856. The molecule has 1 rings (SSSR count). The topological polar surface area (TPSA) is 99.1 Å². The van der Waals surface area contributed by atoms with Gasteiger partial charge in [-0.1, -0.05) is 0 Å². The molecule has 1 aromatic heterocycles. The van der Waals surface area contributed by atoms with Crippen molar-refractivity contribution in [1.29, 1.82) is 0 Å². The van der Waals surface area contributed by atoms with Crippen LogP contribution in [0.15, 0.2) is 6.20 Å². The lowest BCUT2D eigenvalue weighted by atomic mass is 10.2. The Hall–Kier alpha value is -1.43. The van der Waals surface area contributed by atoms with Crippen LogP contribution in [-0.2, 0) is 0 Å². The maximum atomic E-state index is 10.6. The fourth-order valence-electron chi connectivity index (χ4n) is 0.593. The number of aromatic nitrogens is 1. The molecule has 0 bridgehead atoms. The van der Waals surface area contributed by atoms with Gasteiger partial charge in [0, 0.05) is 0 Å². The first-order valence-corrected chi connectivity index (χ1v) is 3.44. The Morgan fingerprint density at radius 1 is 1.36 bits per heavy atom. The molecule has 0 aliphatic rings. The first-order valence-electron chi connectivity index (χ1n) is 2.67. The molecule has 2 amide bonds. The van der Waals surface area contributed by atoms with Crippen molar-refractivity contribution in [2.24, 2.45) is 11.5 Å². The minimum atomic E-state index is -0.687. The summed E-state index contributed by atoms with van der Waals surface area (Å²) in [5.41, 5.74) is 9.92. The van der Waals surface area contributed by atoms with Crippen LogP contribution in [0, 0.1) is 0 Å². The lowest BCUT2D eigenvalue weighted by molar-refractivity contribution is 0.0970. The molecule has 0 spiro atoms. The van der Waals surface area contributed by atoms with Crippen molar-refractivity contribution in [3.05, 3.63) is 16.6 Å². The van der Waals surface area contributed by atoms with Crippen molar-refractivity contribution in [2.75, 3.05) is 0 Å². The second-order valence-corrected chi connectivity index (χ2v) is 2.60. The van der Waals surface area contributed by atoms with Crippen LogP contribution in [0.3, 0.4) is 0 Å². The summed E-state index contributed by atoms with van der Waals surface area (Å²) in [5, 5.41) is 0. The highest BCUT2D eigenvalue weighted by Crippen LogP contribution is 2.11. The lowest BCUT2D eigenvalue weighted by Gasteiger charge is -1.90. The maximum absolute atomic E-state index is 10.6. The molecule has 6 heteroatoms. The van der Waals surface area contributed by atoms with Crippen LogP contribution in [0.4, 0.5) is 0 Å². The van der Waals surface area contributed by atoms with E-state index < -0.39 is 11.8 Å². The number of carbonyl (C=O) groups excluding carboxylic acids is 2. The highest BCUT2D eigenvalue weighted by molar-refractivity contribution is 7.08. The van der Waals surface area contributed by atoms with Crippen molar-refractivity contribution in [3.8, 4) is 0 Å². The van der Waals surface area contributed by atoms with Crippen LogP contribution >= 0.6 is 11.5 Å². The average molecular weight is 171 g/mol. The van der Waals surface area contributed by atoms with Crippen molar-refractivity contribution >= 4 is 23.3 Å². The normalized spacial score (nSPS) is 9.45. The largest absolute Gasteiger partial charge is 0.366 e. The van der Waals surface area contributed by atoms with Gasteiger partial charge in [-0.15, -0.1) is 0 Å². The van der Waals surface area contributed by atoms with Gasteiger partial charge in [-0.05, 0) is 11.5 Å². The number of nitrogens with two attached hydrogens (primary N) is 2. The molecule has 1 heterocycles. The predicted molar refractivity (Wildman–Crippen MR) is 39.1 cm³/mol. The molecule has 0 atom stereocenters. The van der Waals surface area contributed by atoms with Crippen molar-refractivity contribution in [3.63, 3.8) is 0 Å². The van der Waals surface area contributed by atoms with Crippen molar-refractivity contribution in [1.82, 2.24) is 4.37 Å². The summed E-state index contributed by atoms with van der Waals surface area (Å²) in [6.07, 6.45) is 1.23. The summed E-state index contributed by atoms with van der Waals surface area (Å²) in [6, 6.07) is 0. The predicted octanol–water partition coefficient (Wildman–Crippen LogP) is -0.659. The molecule has 0 aliphatic carbocycles. The summed E-state index contributed by atoms with van der Waals surface area (Å²) >= 11 is 0.861. The minimum Gasteiger partial charge on any atom is -0.366 e. The monoisotopic (exact) mass is 171 g/mol. The first kappa shape index (κ1) is 7.67. The molecule has 0 unspecified atom stereocenters. The van der Waals surface area contributed by atoms with E-state index in [0.717, 1.165) is 11.5 Å². The average Bonchev–Trinajstić information content (AvgIpc) is 2.32. The zero-order valence-electron chi connectivity index (χ0n) is 5.40. The Morgan fingerprint density at radius 3 is 2.36 bits per heavy atom. The molecule has 0 saturated heterocycles. The molecule has 0 aliphatic heterocycles. The van der Waals surface area contributed by atoms with E-state index in [2.05, 4.69) is 4.37 Å². The zero-order valence-corrected chi connectivity index (χ0v) is 6.22. The number of primary amides is 2. The van der Waals surface area contributed by atoms with Gasteiger partial charge in [-0.3, -0.25) is 9.59 Å². The third-order valence-corrected chi connectivity index (χ3v) is 1.87. The van der Waals surface area contributed by atoms with Crippen LogP contribution in [-0.4, -0.2) is 16.2 Å². The molecular formula is C5H5N3O2S. The van der Waals surface area contributed by atoms with Crippen LogP contribution < -0.4 is 11.5 Å². The van der Waals surface area contributed by atoms with Gasteiger partial charge in [0.1, 0.15) is 4.88 Å². The Bertz CT molecular complexity index is 278. The molecular weight excluding hydrogens is 166 g/mol. The SMILES string of the molecule is NC(=O)c1cnsc1C(N)=O. The summed E-state index contributed by atoms with van der Waals surface area (Å²) in [4.78, 5) is 21.2. The van der Waals surface area contributed by atoms with Gasteiger partial charge in [0.05, 0.1) is 11.8 Å². The van der Waals surface area contributed by atoms with Gasteiger partial charge in [0.15, 0.2) is 0 Å². The molecule has 58 valence electrons. The molecule has 4 N–H and O–H groups in total. The number of nitrogens with zero attached hydrogens (tertiary/aromatic N) is 1. The zero-order chi connectivity index (χ0) is 8.43. The molecule has 0 aromatic carbocycles. The molecule has 0 fully saturated rings. The van der Waals surface area contributed by atoms with E-state index in [4.69, 9.17) is 11.5 Å². The standard InChI is InChI=1S/C5H5N3O2S/c6-4(9)2-1-8-11-3(2)5(7)10/h1H,(H2,6,9)(H2,7,10). The van der Waals surface area contributed by atoms with Gasteiger partial charge < -0.3 is 11.5 Å². The second-order valence-electron chi connectivity index (χ2n) is 1.80. The van der Waals surface area contributed by atoms with E-state index in [0.29, 0.717) is 0 Å². The molecule has 5 nitrogen and oxygen atoms in total. The smallest absolute Gasteiger partial charge is 0.261 e. The summed E-state index contributed by atoms with van der Waals surface area (Å²) in [7, 11) is 0. The third kappa shape index (κ3) is 1.35. The van der Waals surface area contributed by atoms with E-state index in [9.17, 15) is 9.59 Å². The van der Waals surface area contributed by atoms with Gasteiger partial charge in [-0.2, -0.15) is 4.37 Å². The van der Waals surface area contributed by atoms with Crippen LogP contribution in [0.1, 0.15) is 20.0 Å². The van der Waals surface area contributed by atoms with Gasteiger partial charge in [0.2, 0.25) is 0 Å². The molecule has 0 saturated carbocycles. The Balaban J connectivity index is 3.16. The third-order valence-electron chi connectivity index (χ3n) is 1.06. The fraction of sp³-hybridized carbons (Fsp3) is 0. The Labute approximate surface area is 66.2 Å². The van der Waals surface area contributed by atoms with E-state index in [1.807, 2.05) is 0 Å². The van der Waals surface area contributed by atoms with E-state index in [1.54, 1.807) is 0 Å². The Kier molecular flexibility index (Phi) is 1.86. The van der Waals surface area contributed by atoms with Crippen LogP contribution in [0.5, 0.6) is 0 Å². The molecule has 1 aromatic rings. The second kappa shape index (κ2) is 2.67. The van der Waals surface area contributed by atoms with Crippen LogP contribution in [0.25, 0.3) is 0 Å². The summed E-state index contributed by atoms with van der Waals surface area (Å²) < 4.78 is 3.60. The first-order chi connectivity index (χ1) is 5.13. The molecule has 11 heavy (non-hydrogen) atoms. The van der Waals surface area contributed by atoms with Crippen molar-refractivity contribution in [2.45, 2.75) is 0 Å². The lowest BCUT2D eigenvalue weighted by Crippen LogP contribution is -2.17. The quantitative estimate of drug-likeness (QED) is 0.617.